The number of benzene rings is 1. The average molecular weight is 380 g/mol. The molecule has 4 rings (SSSR count). The second kappa shape index (κ2) is 7.28. The van der Waals surface area contributed by atoms with Crippen LogP contribution in [0.15, 0.2) is 60.9 Å². The van der Waals surface area contributed by atoms with Gasteiger partial charge in [0.15, 0.2) is 5.11 Å². The van der Waals surface area contributed by atoms with Crippen molar-refractivity contribution in [1.82, 2.24) is 15.3 Å². The second-order valence-electron chi connectivity index (χ2n) is 6.16. The van der Waals surface area contributed by atoms with Gasteiger partial charge in [0.25, 0.3) is 0 Å². The van der Waals surface area contributed by atoms with E-state index in [-0.39, 0.29) is 12.1 Å². The summed E-state index contributed by atoms with van der Waals surface area (Å²) in [5.74, 6) is 1.46. The number of pyridine rings is 1. The Kier molecular flexibility index (Phi) is 4.68. The summed E-state index contributed by atoms with van der Waals surface area (Å²) in [5.41, 5.74) is 2.79. The van der Waals surface area contributed by atoms with Crippen LogP contribution in [0.25, 0.3) is 0 Å². The van der Waals surface area contributed by atoms with E-state index in [0.717, 1.165) is 28.6 Å². The van der Waals surface area contributed by atoms with Crippen molar-refractivity contribution in [3.63, 3.8) is 0 Å². The van der Waals surface area contributed by atoms with Crippen LogP contribution in [0.3, 0.4) is 0 Å². The average Bonchev–Trinajstić information content (AvgIpc) is 3.35. The number of thiocarbonyl (C=S) groups is 1. The Bertz CT molecular complexity index is 930. The Labute approximate surface area is 163 Å². The lowest BCUT2D eigenvalue weighted by Gasteiger charge is -2.28. The van der Waals surface area contributed by atoms with E-state index in [1.807, 2.05) is 48.7 Å². The van der Waals surface area contributed by atoms with E-state index < -0.39 is 0 Å². The summed E-state index contributed by atoms with van der Waals surface area (Å²) in [7, 11) is 3.29. The quantitative estimate of drug-likeness (QED) is 0.660. The summed E-state index contributed by atoms with van der Waals surface area (Å²) in [6, 6.07) is 15.4. The first-order chi connectivity index (χ1) is 13.2. The highest BCUT2D eigenvalue weighted by Gasteiger charge is 2.42. The van der Waals surface area contributed by atoms with Gasteiger partial charge in [-0.2, -0.15) is 0 Å². The van der Waals surface area contributed by atoms with Crippen molar-refractivity contribution in [3.8, 4) is 11.5 Å². The zero-order chi connectivity index (χ0) is 18.8. The number of ether oxygens (including phenoxy) is 2. The minimum absolute atomic E-state index is 0.103. The van der Waals surface area contributed by atoms with Crippen molar-refractivity contribution in [2.24, 2.45) is 0 Å². The predicted octanol–water partition coefficient (Wildman–Crippen LogP) is 3.60. The van der Waals surface area contributed by atoms with Crippen LogP contribution in [0.1, 0.15) is 23.5 Å². The number of rotatable bonds is 5. The molecule has 2 aromatic heterocycles. The molecule has 1 aromatic carbocycles. The van der Waals surface area contributed by atoms with Crippen molar-refractivity contribution in [2.75, 3.05) is 19.1 Å². The number of nitrogens with one attached hydrogen (secondary N) is 2. The van der Waals surface area contributed by atoms with Crippen molar-refractivity contribution in [2.45, 2.75) is 12.1 Å². The third kappa shape index (κ3) is 3.10. The fourth-order valence-corrected chi connectivity index (χ4v) is 3.78. The van der Waals surface area contributed by atoms with Crippen LogP contribution in [0.5, 0.6) is 11.5 Å². The number of methoxy groups -OCH3 is 2. The number of hydrogen-bond donors (Lipinski definition) is 2. The maximum atomic E-state index is 5.71. The highest BCUT2D eigenvalue weighted by Crippen LogP contribution is 2.44. The molecule has 6 nitrogen and oxygen atoms in total. The van der Waals surface area contributed by atoms with Gasteiger partial charge in [0.05, 0.1) is 31.6 Å². The molecule has 3 aromatic rings. The molecule has 2 atom stereocenters. The fourth-order valence-electron chi connectivity index (χ4n) is 3.44. The molecule has 1 aliphatic rings. The lowest BCUT2D eigenvalue weighted by Crippen LogP contribution is -2.30. The first kappa shape index (κ1) is 17.4. The van der Waals surface area contributed by atoms with Gasteiger partial charge in [-0.05, 0) is 48.6 Å². The van der Waals surface area contributed by atoms with Gasteiger partial charge in [-0.1, -0.05) is 6.07 Å². The lowest BCUT2D eigenvalue weighted by molar-refractivity contribution is 0.402. The summed E-state index contributed by atoms with van der Waals surface area (Å²) in [6.45, 7) is 0. The van der Waals surface area contributed by atoms with Crippen LogP contribution in [-0.4, -0.2) is 29.3 Å². The van der Waals surface area contributed by atoms with Gasteiger partial charge in [-0.25, -0.2) is 0 Å². The Balaban J connectivity index is 1.85. The van der Waals surface area contributed by atoms with Gasteiger partial charge in [-0.3, -0.25) is 4.98 Å². The topological polar surface area (TPSA) is 62.4 Å². The predicted molar refractivity (Wildman–Crippen MR) is 108 cm³/mol. The number of hydrogen-bond acceptors (Lipinski definition) is 4. The Hall–Kier alpha value is -3.06. The second-order valence-corrected chi connectivity index (χ2v) is 6.55. The summed E-state index contributed by atoms with van der Waals surface area (Å²) in [4.78, 5) is 9.92. The number of aromatic nitrogens is 2. The molecule has 0 spiro atoms. The standard InChI is InChI=1S/C20H20N4O2S/c1-25-13-8-9-17(26-2)16(12-13)24-19(15-7-5-11-22-15)18(23-20(24)27)14-6-3-4-10-21-14/h3-12,18-19,22H,1-2H3,(H,23,27). The molecule has 3 heterocycles. The first-order valence-corrected chi connectivity index (χ1v) is 8.99. The maximum Gasteiger partial charge on any atom is 0.174 e. The van der Waals surface area contributed by atoms with Gasteiger partial charge in [0.2, 0.25) is 0 Å². The molecule has 138 valence electrons. The molecule has 0 saturated carbocycles. The summed E-state index contributed by atoms with van der Waals surface area (Å²) >= 11 is 5.71. The van der Waals surface area contributed by atoms with Crippen LogP contribution >= 0.6 is 12.2 Å². The Morgan fingerprint density at radius 1 is 1.07 bits per heavy atom. The molecule has 1 fully saturated rings. The normalized spacial score (nSPS) is 19.0. The van der Waals surface area contributed by atoms with E-state index in [4.69, 9.17) is 21.7 Å². The molecule has 27 heavy (non-hydrogen) atoms. The monoisotopic (exact) mass is 380 g/mol. The molecule has 2 N–H and O–H groups in total. The maximum absolute atomic E-state index is 5.71. The van der Waals surface area contributed by atoms with Crippen LogP contribution in [0, 0.1) is 0 Å². The van der Waals surface area contributed by atoms with Crippen LogP contribution in [-0.2, 0) is 0 Å². The van der Waals surface area contributed by atoms with E-state index in [9.17, 15) is 0 Å². The minimum atomic E-state index is -0.108. The highest BCUT2D eigenvalue weighted by atomic mass is 32.1. The van der Waals surface area contributed by atoms with Gasteiger partial charge in [0, 0.05) is 24.2 Å². The molecule has 0 radical (unpaired) electrons. The van der Waals surface area contributed by atoms with Gasteiger partial charge in [-0.15, -0.1) is 0 Å². The van der Waals surface area contributed by atoms with Crippen molar-refractivity contribution >= 4 is 23.0 Å². The van der Waals surface area contributed by atoms with Crippen molar-refractivity contribution in [3.05, 3.63) is 72.3 Å². The van der Waals surface area contributed by atoms with E-state index in [2.05, 4.69) is 26.3 Å². The fraction of sp³-hybridized carbons (Fsp3) is 0.200. The van der Waals surface area contributed by atoms with Gasteiger partial charge in [0.1, 0.15) is 17.5 Å². The van der Waals surface area contributed by atoms with E-state index in [0.29, 0.717) is 5.11 Å². The molecular formula is C20H20N4O2S. The number of nitrogens with zero attached hydrogens (tertiary/aromatic N) is 2. The third-order valence-corrected chi connectivity index (χ3v) is 5.00. The Morgan fingerprint density at radius 2 is 1.96 bits per heavy atom. The highest BCUT2D eigenvalue weighted by molar-refractivity contribution is 7.80. The van der Waals surface area contributed by atoms with Crippen LogP contribution < -0.4 is 19.7 Å². The zero-order valence-electron chi connectivity index (χ0n) is 15.0. The number of anilines is 1. The SMILES string of the molecule is COc1ccc(OC)c(N2C(=S)NC(c3ccccn3)C2c2ccc[nH]2)c1. The zero-order valence-corrected chi connectivity index (χ0v) is 15.9. The molecule has 7 heteroatoms. The minimum Gasteiger partial charge on any atom is -0.497 e. The summed E-state index contributed by atoms with van der Waals surface area (Å²) in [6.07, 6.45) is 3.70. The third-order valence-electron chi connectivity index (χ3n) is 4.68. The van der Waals surface area contributed by atoms with Crippen molar-refractivity contribution < 1.29 is 9.47 Å². The Morgan fingerprint density at radius 3 is 2.63 bits per heavy atom. The first-order valence-electron chi connectivity index (χ1n) is 8.59. The molecule has 1 aliphatic heterocycles. The lowest BCUT2D eigenvalue weighted by atomic mass is 10.0. The smallest absolute Gasteiger partial charge is 0.174 e. The van der Waals surface area contributed by atoms with Crippen LogP contribution in [0.2, 0.25) is 0 Å². The number of aromatic amines is 1. The molecule has 0 bridgehead atoms. The molecular weight excluding hydrogens is 360 g/mol. The van der Waals surface area contributed by atoms with Gasteiger partial charge < -0.3 is 24.7 Å². The number of H-pyrrole nitrogens is 1. The van der Waals surface area contributed by atoms with Gasteiger partial charge >= 0.3 is 0 Å². The summed E-state index contributed by atoms with van der Waals surface area (Å²) in [5, 5.41) is 4.03. The van der Waals surface area contributed by atoms with E-state index in [1.54, 1.807) is 20.4 Å². The largest absolute Gasteiger partial charge is 0.497 e. The molecule has 0 aliphatic carbocycles. The van der Waals surface area contributed by atoms with E-state index >= 15 is 0 Å². The molecule has 2 unspecified atom stereocenters. The van der Waals surface area contributed by atoms with Crippen LogP contribution in [0.4, 0.5) is 5.69 Å². The summed E-state index contributed by atoms with van der Waals surface area (Å²) < 4.78 is 11.0. The molecule has 0 amide bonds. The van der Waals surface area contributed by atoms with Crippen molar-refractivity contribution in [1.29, 1.82) is 0 Å². The van der Waals surface area contributed by atoms with E-state index in [1.165, 1.54) is 0 Å². The molecule has 1 saturated heterocycles.